The standard InChI is InChI=1S/C30H40O4/c1-3-5-7-10-23-14-18-27(19-15-23)33-29(31)25-12-9-13-26(22-25)30(32)34-28-20-16-24(17-21-28)11-8-6-4-2/h14-21,25-26H,3-13,22H2,1-2H3/t25-,26+. The van der Waals surface area contributed by atoms with E-state index in [1.807, 2.05) is 48.5 Å². The van der Waals surface area contributed by atoms with Crippen molar-refractivity contribution < 1.29 is 19.1 Å². The zero-order chi connectivity index (χ0) is 24.2. The number of carbonyl (C=O) groups is 2. The Hall–Kier alpha value is -2.62. The van der Waals surface area contributed by atoms with Crippen molar-refractivity contribution in [2.45, 2.75) is 90.9 Å². The molecule has 0 unspecified atom stereocenters. The summed E-state index contributed by atoms with van der Waals surface area (Å²) in [7, 11) is 0. The van der Waals surface area contributed by atoms with E-state index in [4.69, 9.17) is 9.47 Å². The largest absolute Gasteiger partial charge is 0.426 e. The van der Waals surface area contributed by atoms with Gasteiger partial charge in [-0.05, 0) is 80.3 Å². The molecule has 4 nitrogen and oxygen atoms in total. The van der Waals surface area contributed by atoms with E-state index in [9.17, 15) is 9.59 Å². The Bertz CT molecular complexity index is 812. The highest BCUT2D eigenvalue weighted by Crippen LogP contribution is 2.32. The summed E-state index contributed by atoms with van der Waals surface area (Å²) in [6.45, 7) is 4.40. The first-order chi connectivity index (χ1) is 16.6. The maximum atomic E-state index is 12.8. The highest BCUT2D eigenvalue weighted by Gasteiger charge is 2.33. The first-order valence-corrected chi connectivity index (χ1v) is 13.2. The smallest absolute Gasteiger partial charge is 0.314 e. The van der Waals surface area contributed by atoms with Gasteiger partial charge in [0.05, 0.1) is 11.8 Å². The number of hydrogen-bond donors (Lipinski definition) is 0. The lowest BCUT2D eigenvalue weighted by Crippen LogP contribution is -2.31. The summed E-state index contributed by atoms with van der Waals surface area (Å²) in [6.07, 6.45) is 12.2. The van der Waals surface area contributed by atoms with Gasteiger partial charge in [0.1, 0.15) is 11.5 Å². The van der Waals surface area contributed by atoms with Crippen LogP contribution in [0.4, 0.5) is 0 Å². The van der Waals surface area contributed by atoms with Crippen molar-refractivity contribution in [3.05, 3.63) is 59.7 Å². The Morgan fingerprint density at radius 2 is 1.09 bits per heavy atom. The van der Waals surface area contributed by atoms with E-state index in [-0.39, 0.29) is 23.8 Å². The van der Waals surface area contributed by atoms with Crippen molar-refractivity contribution in [2.24, 2.45) is 11.8 Å². The minimum Gasteiger partial charge on any atom is -0.426 e. The van der Waals surface area contributed by atoms with Crippen molar-refractivity contribution in [3.63, 3.8) is 0 Å². The fourth-order valence-corrected chi connectivity index (χ4v) is 4.62. The van der Waals surface area contributed by atoms with Gasteiger partial charge in [-0.25, -0.2) is 0 Å². The van der Waals surface area contributed by atoms with Gasteiger partial charge in [-0.1, -0.05) is 70.2 Å². The molecule has 2 aromatic carbocycles. The van der Waals surface area contributed by atoms with Crippen LogP contribution in [0.15, 0.2) is 48.5 Å². The summed E-state index contributed by atoms with van der Waals surface area (Å²) in [5.41, 5.74) is 2.53. The molecule has 34 heavy (non-hydrogen) atoms. The van der Waals surface area contributed by atoms with Crippen LogP contribution >= 0.6 is 0 Å². The lowest BCUT2D eigenvalue weighted by Gasteiger charge is -2.26. The average molecular weight is 465 g/mol. The second-order valence-electron chi connectivity index (χ2n) is 9.60. The molecule has 1 fully saturated rings. The number of aryl methyl sites for hydroxylation is 2. The molecular formula is C30H40O4. The van der Waals surface area contributed by atoms with E-state index in [0.717, 1.165) is 32.1 Å². The molecule has 3 rings (SSSR count). The van der Waals surface area contributed by atoms with Crippen molar-refractivity contribution in [2.75, 3.05) is 0 Å². The van der Waals surface area contributed by atoms with E-state index in [0.29, 0.717) is 17.9 Å². The zero-order valence-corrected chi connectivity index (χ0v) is 20.9. The van der Waals surface area contributed by atoms with Crippen molar-refractivity contribution in [3.8, 4) is 11.5 Å². The molecule has 2 aromatic rings. The minimum absolute atomic E-state index is 0.243. The number of ether oxygens (including phenoxy) is 2. The number of unbranched alkanes of at least 4 members (excludes halogenated alkanes) is 4. The number of hydrogen-bond acceptors (Lipinski definition) is 4. The van der Waals surface area contributed by atoms with Gasteiger partial charge in [0, 0.05) is 0 Å². The van der Waals surface area contributed by atoms with Crippen LogP contribution in [0.1, 0.15) is 89.2 Å². The quantitative estimate of drug-likeness (QED) is 0.186. The molecule has 0 amide bonds. The molecule has 1 aliphatic carbocycles. The van der Waals surface area contributed by atoms with Crippen molar-refractivity contribution in [1.29, 1.82) is 0 Å². The SMILES string of the molecule is CCCCCc1ccc(OC(=O)[C@@H]2CCC[C@H](C(=O)Oc3ccc(CCCCC)cc3)C2)cc1. The van der Waals surface area contributed by atoms with E-state index in [1.165, 1.54) is 49.7 Å². The number of rotatable bonds is 12. The molecule has 0 spiro atoms. The van der Waals surface area contributed by atoms with Crippen LogP contribution in [0.2, 0.25) is 0 Å². The first-order valence-electron chi connectivity index (χ1n) is 13.2. The Morgan fingerprint density at radius 1 is 0.676 bits per heavy atom. The van der Waals surface area contributed by atoms with E-state index >= 15 is 0 Å². The third kappa shape index (κ3) is 8.30. The molecule has 184 valence electrons. The normalized spacial score (nSPS) is 17.8. The predicted molar refractivity (Wildman–Crippen MR) is 136 cm³/mol. The number of carbonyl (C=O) groups excluding carboxylic acids is 2. The van der Waals surface area contributed by atoms with Crippen molar-refractivity contribution in [1.82, 2.24) is 0 Å². The average Bonchev–Trinajstić information content (AvgIpc) is 2.86. The summed E-state index contributed by atoms with van der Waals surface area (Å²) >= 11 is 0. The van der Waals surface area contributed by atoms with E-state index in [1.54, 1.807) is 0 Å². The van der Waals surface area contributed by atoms with Gasteiger partial charge in [0.2, 0.25) is 0 Å². The van der Waals surface area contributed by atoms with Crippen LogP contribution in [0.5, 0.6) is 11.5 Å². The summed E-state index contributed by atoms with van der Waals surface area (Å²) in [5, 5.41) is 0. The van der Waals surface area contributed by atoms with Gasteiger partial charge in [0.25, 0.3) is 0 Å². The monoisotopic (exact) mass is 464 g/mol. The van der Waals surface area contributed by atoms with Crippen LogP contribution in [-0.2, 0) is 22.4 Å². The van der Waals surface area contributed by atoms with Gasteiger partial charge in [-0.15, -0.1) is 0 Å². The van der Waals surface area contributed by atoms with E-state index < -0.39 is 0 Å². The number of benzene rings is 2. The lowest BCUT2D eigenvalue weighted by atomic mass is 9.81. The maximum absolute atomic E-state index is 12.8. The summed E-state index contributed by atoms with van der Waals surface area (Å²) in [4.78, 5) is 25.5. The molecule has 4 heteroatoms. The summed E-state index contributed by atoms with van der Waals surface area (Å²) in [6, 6.07) is 15.6. The molecule has 0 aromatic heterocycles. The van der Waals surface area contributed by atoms with Gasteiger partial charge in [-0.2, -0.15) is 0 Å². The Morgan fingerprint density at radius 3 is 1.47 bits per heavy atom. The molecule has 1 saturated carbocycles. The fourth-order valence-electron chi connectivity index (χ4n) is 4.62. The molecule has 0 heterocycles. The second kappa shape index (κ2) is 13.9. The highest BCUT2D eigenvalue weighted by molar-refractivity contribution is 5.79. The summed E-state index contributed by atoms with van der Waals surface area (Å²) < 4.78 is 11.3. The van der Waals surface area contributed by atoms with Crippen LogP contribution < -0.4 is 9.47 Å². The van der Waals surface area contributed by atoms with Crippen LogP contribution in [-0.4, -0.2) is 11.9 Å². The molecule has 0 bridgehead atoms. The molecule has 2 atom stereocenters. The fraction of sp³-hybridized carbons (Fsp3) is 0.533. The van der Waals surface area contributed by atoms with Crippen LogP contribution in [0.3, 0.4) is 0 Å². The predicted octanol–water partition coefficient (Wildman–Crippen LogP) is 7.47. The highest BCUT2D eigenvalue weighted by atomic mass is 16.5. The molecule has 0 saturated heterocycles. The third-order valence-electron chi connectivity index (χ3n) is 6.76. The van der Waals surface area contributed by atoms with Gasteiger partial charge in [-0.3, -0.25) is 9.59 Å². The first kappa shape index (κ1) is 26.0. The third-order valence-corrected chi connectivity index (χ3v) is 6.76. The van der Waals surface area contributed by atoms with Crippen molar-refractivity contribution >= 4 is 11.9 Å². The Balaban J connectivity index is 1.47. The van der Waals surface area contributed by atoms with Crippen LogP contribution in [0.25, 0.3) is 0 Å². The Kier molecular flexibility index (Phi) is 10.7. The molecule has 0 aliphatic heterocycles. The topological polar surface area (TPSA) is 52.6 Å². The lowest BCUT2D eigenvalue weighted by molar-refractivity contribution is -0.144. The second-order valence-corrected chi connectivity index (χ2v) is 9.60. The van der Waals surface area contributed by atoms with Crippen LogP contribution in [0, 0.1) is 11.8 Å². The van der Waals surface area contributed by atoms with Gasteiger partial charge < -0.3 is 9.47 Å². The van der Waals surface area contributed by atoms with E-state index in [2.05, 4.69) is 13.8 Å². The molecule has 1 aliphatic rings. The van der Waals surface area contributed by atoms with Gasteiger partial charge in [0.15, 0.2) is 0 Å². The molecular weight excluding hydrogens is 424 g/mol. The summed E-state index contributed by atoms with van der Waals surface area (Å²) in [5.74, 6) is 0.134. The minimum atomic E-state index is -0.267. The molecule has 0 N–H and O–H groups in total. The Labute approximate surface area is 205 Å². The maximum Gasteiger partial charge on any atom is 0.314 e. The zero-order valence-electron chi connectivity index (χ0n) is 20.9. The number of esters is 2. The van der Waals surface area contributed by atoms with Gasteiger partial charge >= 0.3 is 11.9 Å². The molecule has 0 radical (unpaired) electrons.